The van der Waals surface area contributed by atoms with E-state index < -0.39 is 12.4 Å². The van der Waals surface area contributed by atoms with Crippen molar-refractivity contribution in [1.29, 1.82) is 0 Å². The van der Waals surface area contributed by atoms with E-state index in [0.29, 0.717) is 38.5 Å². The second kappa shape index (κ2) is 10.0. The van der Waals surface area contributed by atoms with Crippen LogP contribution in [0.15, 0.2) is 30.3 Å². The molecule has 4 fully saturated rings. The van der Waals surface area contributed by atoms with Crippen LogP contribution in [0.3, 0.4) is 0 Å². The van der Waals surface area contributed by atoms with Crippen LogP contribution in [-0.2, 0) is 14.3 Å². The number of carbonyl (C=O) groups excluding carboxylic acids is 1. The molecule has 2 saturated carbocycles. The van der Waals surface area contributed by atoms with E-state index in [9.17, 15) is 15.0 Å². The van der Waals surface area contributed by atoms with Gasteiger partial charge >= 0.3 is 0 Å². The van der Waals surface area contributed by atoms with Gasteiger partial charge in [-0.2, -0.15) is 0 Å². The quantitative estimate of drug-likeness (QED) is 0.640. The molecule has 0 bridgehead atoms. The van der Waals surface area contributed by atoms with E-state index in [1.54, 1.807) is 0 Å². The molecular weight excluding hydrogens is 446 g/mol. The van der Waals surface area contributed by atoms with Gasteiger partial charge in [0.05, 0.1) is 31.5 Å². The van der Waals surface area contributed by atoms with Gasteiger partial charge < -0.3 is 29.3 Å². The van der Waals surface area contributed by atoms with Gasteiger partial charge in [-0.1, -0.05) is 32.0 Å². The fraction of sp³-hybridized carbons (Fsp3) is 0.750. The zero-order valence-corrected chi connectivity index (χ0v) is 21.1. The highest BCUT2D eigenvalue weighted by Crippen LogP contribution is 2.62. The van der Waals surface area contributed by atoms with E-state index in [0.717, 1.165) is 37.9 Å². The van der Waals surface area contributed by atoms with Crippen molar-refractivity contribution in [2.75, 3.05) is 26.4 Å². The number of amides is 1. The lowest BCUT2D eigenvalue weighted by Gasteiger charge is -2.63. The molecule has 35 heavy (non-hydrogen) atoms. The van der Waals surface area contributed by atoms with E-state index in [2.05, 4.69) is 13.8 Å². The number of aliphatic hydroxyl groups is 2. The van der Waals surface area contributed by atoms with Crippen LogP contribution in [0.25, 0.3) is 0 Å². The molecule has 4 aliphatic rings. The third-order valence-corrected chi connectivity index (χ3v) is 9.66. The molecule has 7 heteroatoms. The molecule has 1 aromatic carbocycles. The van der Waals surface area contributed by atoms with Crippen LogP contribution in [0.2, 0.25) is 0 Å². The Morgan fingerprint density at radius 3 is 2.71 bits per heavy atom. The van der Waals surface area contributed by atoms with Gasteiger partial charge in [0.15, 0.2) is 6.29 Å². The number of carbonyl (C=O) groups is 1. The molecule has 1 aromatic rings. The van der Waals surface area contributed by atoms with Crippen LogP contribution in [0, 0.1) is 22.7 Å². The molecule has 0 unspecified atom stereocenters. The van der Waals surface area contributed by atoms with E-state index in [1.807, 2.05) is 35.2 Å². The first kappa shape index (κ1) is 25.0. The molecule has 2 N–H and O–H groups in total. The summed E-state index contributed by atoms with van der Waals surface area (Å²) in [6.45, 7) is 6.22. The van der Waals surface area contributed by atoms with Crippen LogP contribution in [0.5, 0.6) is 5.75 Å². The Hall–Kier alpha value is -1.67. The summed E-state index contributed by atoms with van der Waals surface area (Å²) in [5.74, 6) is 1.09. The highest BCUT2D eigenvalue weighted by molar-refractivity contribution is 5.77. The van der Waals surface area contributed by atoms with Crippen molar-refractivity contribution < 1.29 is 29.2 Å². The predicted octanol–water partition coefficient (Wildman–Crippen LogP) is 3.37. The SMILES string of the molecule is C[C@@]12CO[C@@H](COc3ccccc3)O[C@H]1CC[C@]1(C)[C@H]2CC[C@@H](O)[C@H]1CC(=O)N1CCC[C@H]1CO. The van der Waals surface area contributed by atoms with Crippen LogP contribution >= 0.6 is 0 Å². The Balaban J connectivity index is 1.27. The average Bonchev–Trinajstić information content (AvgIpc) is 3.34. The summed E-state index contributed by atoms with van der Waals surface area (Å²) in [6, 6.07) is 9.64. The molecular formula is C28H41NO6. The third-order valence-electron chi connectivity index (χ3n) is 9.66. The van der Waals surface area contributed by atoms with Gasteiger partial charge in [0.25, 0.3) is 0 Å². The van der Waals surface area contributed by atoms with Crippen molar-refractivity contribution in [3.05, 3.63) is 30.3 Å². The van der Waals surface area contributed by atoms with Crippen molar-refractivity contribution in [2.24, 2.45) is 22.7 Å². The summed E-state index contributed by atoms with van der Waals surface area (Å²) in [5, 5.41) is 20.8. The fourth-order valence-electron chi connectivity index (χ4n) is 7.71. The Morgan fingerprint density at radius 2 is 1.94 bits per heavy atom. The minimum atomic E-state index is -0.479. The van der Waals surface area contributed by atoms with E-state index in [4.69, 9.17) is 14.2 Å². The molecule has 2 aliphatic carbocycles. The smallest absolute Gasteiger partial charge is 0.223 e. The number of fused-ring (bicyclic) bond motifs is 3. The molecule has 2 aliphatic heterocycles. The number of hydrogen-bond donors (Lipinski definition) is 2. The number of benzene rings is 1. The van der Waals surface area contributed by atoms with Crippen LogP contribution in [0.4, 0.5) is 0 Å². The molecule has 8 atom stereocenters. The van der Waals surface area contributed by atoms with Gasteiger partial charge in [-0.3, -0.25) is 4.79 Å². The number of para-hydroxylation sites is 1. The van der Waals surface area contributed by atoms with Crippen molar-refractivity contribution >= 4 is 5.91 Å². The maximum Gasteiger partial charge on any atom is 0.223 e. The summed E-state index contributed by atoms with van der Waals surface area (Å²) >= 11 is 0. The maximum atomic E-state index is 13.3. The van der Waals surface area contributed by atoms with Crippen molar-refractivity contribution in [1.82, 2.24) is 4.90 Å². The van der Waals surface area contributed by atoms with Crippen LogP contribution < -0.4 is 4.74 Å². The molecule has 0 spiro atoms. The minimum absolute atomic E-state index is 0.0163. The molecule has 2 heterocycles. The Morgan fingerprint density at radius 1 is 1.14 bits per heavy atom. The van der Waals surface area contributed by atoms with E-state index in [-0.39, 0.29) is 41.4 Å². The van der Waals surface area contributed by atoms with E-state index in [1.165, 1.54) is 0 Å². The van der Waals surface area contributed by atoms with Crippen molar-refractivity contribution in [2.45, 2.75) is 83.3 Å². The highest BCUT2D eigenvalue weighted by Gasteiger charge is 2.61. The van der Waals surface area contributed by atoms with Gasteiger partial charge in [0.1, 0.15) is 12.4 Å². The molecule has 2 saturated heterocycles. The number of ether oxygens (including phenoxy) is 3. The third kappa shape index (κ3) is 4.61. The van der Waals surface area contributed by atoms with Crippen LogP contribution in [-0.4, -0.2) is 71.9 Å². The summed E-state index contributed by atoms with van der Waals surface area (Å²) in [4.78, 5) is 15.1. The fourth-order valence-corrected chi connectivity index (χ4v) is 7.71. The molecule has 0 aromatic heterocycles. The number of nitrogens with zero attached hydrogens (tertiary/aromatic N) is 1. The number of likely N-dealkylation sites (tertiary alicyclic amines) is 1. The Labute approximate surface area is 208 Å². The molecule has 1 amide bonds. The van der Waals surface area contributed by atoms with Crippen molar-refractivity contribution in [3.8, 4) is 5.75 Å². The normalized spacial score (nSPS) is 41.2. The summed E-state index contributed by atoms with van der Waals surface area (Å²) in [6.07, 6.45) is 4.76. The highest BCUT2D eigenvalue weighted by atomic mass is 16.7. The molecule has 5 rings (SSSR count). The second-order valence-electron chi connectivity index (χ2n) is 11.6. The first-order valence-electron chi connectivity index (χ1n) is 13.4. The molecule has 7 nitrogen and oxygen atoms in total. The first-order valence-corrected chi connectivity index (χ1v) is 13.4. The first-order chi connectivity index (χ1) is 16.8. The number of hydrogen-bond acceptors (Lipinski definition) is 6. The van der Waals surface area contributed by atoms with E-state index >= 15 is 0 Å². The zero-order valence-electron chi connectivity index (χ0n) is 21.1. The van der Waals surface area contributed by atoms with Gasteiger partial charge in [0, 0.05) is 18.4 Å². The minimum Gasteiger partial charge on any atom is -0.488 e. The van der Waals surface area contributed by atoms with Gasteiger partial charge in [-0.05, 0) is 67.9 Å². The van der Waals surface area contributed by atoms with Crippen molar-refractivity contribution in [3.63, 3.8) is 0 Å². The molecule has 0 radical (unpaired) electrons. The molecule has 194 valence electrons. The van der Waals surface area contributed by atoms with Crippen LogP contribution in [0.1, 0.15) is 58.8 Å². The lowest BCUT2D eigenvalue weighted by molar-refractivity contribution is -0.313. The van der Waals surface area contributed by atoms with Gasteiger partial charge in [0.2, 0.25) is 5.91 Å². The summed E-state index contributed by atoms with van der Waals surface area (Å²) < 4.78 is 18.5. The predicted molar refractivity (Wildman–Crippen MR) is 131 cm³/mol. The standard InChI is InChI=1S/C28H41NO6/c1-27-13-12-24-28(2,18-34-26(35-24)17-33-20-8-4-3-5-9-20)23(27)11-10-22(31)21(27)15-25(32)29-14-6-7-19(29)16-30/h3-5,8-9,19,21-24,26,30-31H,6-7,10-18H2,1-2H3/t19-,21+,22+,23+,24-,26+,27-,28-/m0/s1. The monoisotopic (exact) mass is 487 g/mol. The number of rotatable bonds is 6. The summed E-state index contributed by atoms with van der Waals surface area (Å²) in [7, 11) is 0. The maximum absolute atomic E-state index is 13.3. The topological polar surface area (TPSA) is 88.5 Å². The Bertz CT molecular complexity index is 881. The largest absolute Gasteiger partial charge is 0.488 e. The van der Waals surface area contributed by atoms with Gasteiger partial charge in [-0.25, -0.2) is 0 Å². The lowest BCUT2D eigenvalue weighted by Crippen LogP contribution is -2.63. The lowest BCUT2D eigenvalue weighted by atomic mass is 9.46. The average molecular weight is 488 g/mol. The summed E-state index contributed by atoms with van der Waals surface area (Å²) in [5.41, 5.74) is -0.327. The van der Waals surface area contributed by atoms with Gasteiger partial charge in [-0.15, -0.1) is 0 Å². The second-order valence-corrected chi connectivity index (χ2v) is 11.6. The number of aliphatic hydroxyl groups excluding tert-OH is 2. The Kier molecular flexibility index (Phi) is 7.14. The zero-order chi connectivity index (χ0) is 24.6.